The van der Waals surface area contributed by atoms with Crippen molar-refractivity contribution in [3.05, 3.63) is 32.9 Å². The Morgan fingerprint density at radius 1 is 1.38 bits per heavy atom. The van der Waals surface area contributed by atoms with Crippen molar-refractivity contribution in [3.63, 3.8) is 0 Å². The molecule has 0 N–H and O–H groups in total. The van der Waals surface area contributed by atoms with Gasteiger partial charge in [-0.15, -0.1) is 0 Å². The third-order valence-electron chi connectivity index (χ3n) is 2.01. The number of hydrogen-bond acceptors (Lipinski definition) is 1. The van der Waals surface area contributed by atoms with Gasteiger partial charge < -0.3 is 4.74 Å². The zero-order chi connectivity index (χ0) is 9.47. The minimum Gasteiger partial charge on any atom is -0.370 e. The van der Waals surface area contributed by atoms with Crippen LogP contribution in [0.5, 0.6) is 0 Å². The first-order valence-electron chi connectivity index (χ1n) is 3.84. The van der Waals surface area contributed by atoms with Crippen LogP contribution in [0.15, 0.2) is 18.2 Å². The minimum atomic E-state index is -2.82. The number of benzene rings is 1. The van der Waals surface area contributed by atoms with Gasteiger partial charge in [-0.1, -0.05) is 6.07 Å². The van der Waals surface area contributed by atoms with E-state index in [9.17, 15) is 8.78 Å². The molecule has 0 radical (unpaired) electrons. The van der Waals surface area contributed by atoms with Gasteiger partial charge in [-0.2, -0.15) is 8.78 Å². The number of rotatable bonds is 0. The van der Waals surface area contributed by atoms with Gasteiger partial charge in [0.1, 0.15) is 6.61 Å². The summed E-state index contributed by atoms with van der Waals surface area (Å²) in [5, 5.41) is 0. The molecule has 1 aromatic rings. The number of alkyl halides is 2. The van der Waals surface area contributed by atoms with Gasteiger partial charge in [0.05, 0.1) is 6.61 Å². The lowest BCUT2D eigenvalue weighted by Gasteiger charge is -2.25. The monoisotopic (exact) mass is 296 g/mol. The Morgan fingerprint density at radius 2 is 2.15 bits per heavy atom. The quantitative estimate of drug-likeness (QED) is 0.669. The Balaban J connectivity index is 2.55. The van der Waals surface area contributed by atoms with E-state index < -0.39 is 12.5 Å². The summed E-state index contributed by atoms with van der Waals surface area (Å²) in [5.74, 6) is -2.82. The highest BCUT2D eigenvalue weighted by atomic mass is 127. The summed E-state index contributed by atoms with van der Waals surface area (Å²) in [6.07, 6.45) is 0. The summed E-state index contributed by atoms with van der Waals surface area (Å²) in [5.41, 5.74) is 0.710. The number of fused-ring (bicyclic) bond motifs is 1. The molecular formula is C9H7F2IO. The summed E-state index contributed by atoms with van der Waals surface area (Å²) < 4.78 is 32.1. The van der Waals surface area contributed by atoms with Crippen molar-refractivity contribution in [2.45, 2.75) is 12.5 Å². The second kappa shape index (κ2) is 3.16. The molecule has 70 valence electrons. The molecule has 0 unspecified atom stereocenters. The van der Waals surface area contributed by atoms with Gasteiger partial charge in [-0.05, 0) is 40.3 Å². The maximum atomic E-state index is 13.2. The fraction of sp³-hybridized carbons (Fsp3) is 0.333. The molecule has 1 heterocycles. The Kier molecular flexibility index (Phi) is 2.27. The van der Waals surface area contributed by atoms with Gasteiger partial charge in [0.25, 0.3) is 5.92 Å². The SMILES string of the molecule is FC1(F)COCc2ccc(I)cc21. The number of hydrogen-bond donors (Lipinski definition) is 0. The first-order valence-corrected chi connectivity index (χ1v) is 4.92. The molecular weight excluding hydrogens is 289 g/mol. The third kappa shape index (κ3) is 1.69. The molecule has 1 aliphatic heterocycles. The summed E-state index contributed by atoms with van der Waals surface area (Å²) in [7, 11) is 0. The van der Waals surface area contributed by atoms with E-state index in [2.05, 4.69) is 0 Å². The molecule has 2 rings (SSSR count). The highest BCUT2D eigenvalue weighted by Gasteiger charge is 2.37. The summed E-state index contributed by atoms with van der Waals surface area (Å²) in [6.45, 7) is -0.206. The molecule has 1 aromatic carbocycles. The third-order valence-corrected chi connectivity index (χ3v) is 2.68. The van der Waals surface area contributed by atoms with Crippen molar-refractivity contribution in [2.75, 3.05) is 6.61 Å². The second-order valence-electron chi connectivity index (χ2n) is 3.00. The molecule has 0 aromatic heterocycles. The van der Waals surface area contributed by atoms with E-state index in [1.807, 2.05) is 28.7 Å². The van der Waals surface area contributed by atoms with Crippen molar-refractivity contribution < 1.29 is 13.5 Å². The van der Waals surface area contributed by atoms with Gasteiger partial charge in [-0.25, -0.2) is 0 Å². The topological polar surface area (TPSA) is 9.23 Å². The zero-order valence-corrected chi connectivity index (χ0v) is 8.85. The van der Waals surface area contributed by atoms with Gasteiger partial charge in [0.15, 0.2) is 0 Å². The van der Waals surface area contributed by atoms with Crippen molar-refractivity contribution in [1.82, 2.24) is 0 Å². The molecule has 0 saturated heterocycles. The lowest BCUT2D eigenvalue weighted by molar-refractivity contribution is -0.103. The average molecular weight is 296 g/mol. The van der Waals surface area contributed by atoms with Gasteiger partial charge in [0.2, 0.25) is 0 Å². The highest BCUT2D eigenvalue weighted by Crippen LogP contribution is 2.35. The lowest BCUT2D eigenvalue weighted by atomic mass is 10.0. The smallest absolute Gasteiger partial charge is 0.296 e. The Hall–Kier alpha value is -0.230. The lowest BCUT2D eigenvalue weighted by Crippen LogP contribution is -2.27. The second-order valence-corrected chi connectivity index (χ2v) is 4.24. The number of halogens is 3. The molecule has 1 nitrogen and oxygen atoms in total. The van der Waals surface area contributed by atoms with Crippen LogP contribution < -0.4 is 0 Å². The Labute approximate surface area is 88.2 Å². The van der Waals surface area contributed by atoms with Crippen LogP contribution in [0.25, 0.3) is 0 Å². The molecule has 0 spiro atoms. The normalized spacial score (nSPS) is 19.6. The molecule has 0 bridgehead atoms. The minimum absolute atomic E-state index is 0.116. The van der Waals surface area contributed by atoms with Gasteiger partial charge in [0, 0.05) is 9.13 Å². The maximum absolute atomic E-state index is 13.2. The highest BCUT2D eigenvalue weighted by molar-refractivity contribution is 14.1. The molecule has 0 fully saturated rings. The fourth-order valence-corrected chi connectivity index (χ4v) is 1.87. The summed E-state index contributed by atoms with van der Waals surface area (Å²) >= 11 is 2.03. The molecule has 0 aliphatic carbocycles. The predicted octanol–water partition coefficient (Wildman–Crippen LogP) is 2.91. The Bertz CT molecular complexity index is 338. The summed E-state index contributed by atoms with van der Waals surface area (Å²) in [4.78, 5) is 0. The van der Waals surface area contributed by atoms with Crippen LogP contribution in [0.3, 0.4) is 0 Å². The fourth-order valence-electron chi connectivity index (χ4n) is 1.38. The maximum Gasteiger partial charge on any atom is 0.296 e. The average Bonchev–Trinajstić information content (AvgIpc) is 2.06. The van der Waals surface area contributed by atoms with Crippen LogP contribution in [0, 0.1) is 3.57 Å². The van der Waals surface area contributed by atoms with Crippen molar-refractivity contribution in [2.24, 2.45) is 0 Å². The van der Waals surface area contributed by atoms with Gasteiger partial charge >= 0.3 is 0 Å². The van der Waals surface area contributed by atoms with E-state index >= 15 is 0 Å². The molecule has 0 saturated carbocycles. The molecule has 1 aliphatic rings. The van der Waals surface area contributed by atoms with Crippen LogP contribution >= 0.6 is 22.6 Å². The van der Waals surface area contributed by atoms with E-state index in [0.717, 1.165) is 3.57 Å². The van der Waals surface area contributed by atoms with Crippen LogP contribution in [-0.2, 0) is 17.3 Å². The van der Waals surface area contributed by atoms with E-state index in [0.29, 0.717) is 12.2 Å². The zero-order valence-electron chi connectivity index (χ0n) is 6.69. The first kappa shape index (κ1) is 9.33. The van der Waals surface area contributed by atoms with Gasteiger partial charge in [-0.3, -0.25) is 0 Å². The van der Waals surface area contributed by atoms with E-state index in [1.54, 1.807) is 6.07 Å². The van der Waals surface area contributed by atoms with Crippen LogP contribution in [-0.4, -0.2) is 6.61 Å². The van der Waals surface area contributed by atoms with Crippen molar-refractivity contribution in [3.8, 4) is 0 Å². The number of ether oxygens (including phenoxy) is 1. The van der Waals surface area contributed by atoms with Crippen LogP contribution in [0.2, 0.25) is 0 Å². The largest absolute Gasteiger partial charge is 0.370 e. The standard InChI is InChI=1S/C9H7F2IO/c10-9(11)5-13-4-6-1-2-7(12)3-8(6)9/h1-3H,4-5H2. The van der Waals surface area contributed by atoms with E-state index in [1.165, 1.54) is 6.07 Å². The van der Waals surface area contributed by atoms with Crippen LogP contribution in [0.1, 0.15) is 11.1 Å². The predicted molar refractivity (Wildman–Crippen MR) is 52.7 cm³/mol. The van der Waals surface area contributed by atoms with Crippen LogP contribution in [0.4, 0.5) is 8.78 Å². The van der Waals surface area contributed by atoms with Crippen molar-refractivity contribution >= 4 is 22.6 Å². The molecule has 13 heavy (non-hydrogen) atoms. The first-order chi connectivity index (χ1) is 6.09. The molecule has 0 atom stereocenters. The van der Waals surface area contributed by atoms with E-state index in [4.69, 9.17) is 4.74 Å². The molecule has 0 amide bonds. The van der Waals surface area contributed by atoms with E-state index in [-0.39, 0.29) is 5.56 Å². The van der Waals surface area contributed by atoms with Crippen molar-refractivity contribution in [1.29, 1.82) is 0 Å². The molecule has 4 heteroatoms. The Morgan fingerprint density at radius 3 is 2.92 bits per heavy atom. The summed E-state index contributed by atoms with van der Waals surface area (Å²) in [6, 6.07) is 5.03.